The topological polar surface area (TPSA) is 92.8 Å². The van der Waals surface area contributed by atoms with Crippen LogP contribution in [0.1, 0.15) is 36.6 Å². The Kier molecular flexibility index (Phi) is 5.81. The Bertz CT molecular complexity index is 1170. The highest BCUT2D eigenvalue weighted by molar-refractivity contribution is 6.23. The van der Waals surface area contributed by atoms with E-state index in [0.717, 1.165) is 10.5 Å². The van der Waals surface area contributed by atoms with Gasteiger partial charge < -0.3 is 10.1 Å². The minimum absolute atomic E-state index is 0.124. The lowest BCUT2D eigenvalue weighted by molar-refractivity contribution is -0.119. The van der Waals surface area contributed by atoms with Gasteiger partial charge in [0.05, 0.1) is 29.5 Å². The van der Waals surface area contributed by atoms with Crippen LogP contribution in [-0.2, 0) is 16.0 Å². The molecule has 32 heavy (non-hydrogen) atoms. The molecule has 0 radical (unpaired) electrons. The summed E-state index contributed by atoms with van der Waals surface area (Å²) in [5.74, 6) is -2.24. The number of imide groups is 1. The van der Waals surface area contributed by atoms with Crippen LogP contribution >= 0.6 is 0 Å². The first-order valence-corrected chi connectivity index (χ1v) is 10.0. The standard InChI is InChI=1S/C25H20N2O5/c1-32-25(31)19-13-7-8-14-20(19)26-22(28)21(15-16-9-3-2-4-10-16)27-23(29)17-11-5-6-12-18(17)24(27)30/h2-14,21H,15H2,1H3,(H,26,28). The van der Waals surface area contributed by atoms with Crippen molar-refractivity contribution < 1.29 is 23.9 Å². The highest BCUT2D eigenvalue weighted by Crippen LogP contribution is 2.27. The van der Waals surface area contributed by atoms with Crippen LogP contribution in [0, 0.1) is 0 Å². The Balaban J connectivity index is 1.70. The second-order valence-electron chi connectivity index (χ2n) is 7.26. The number of ether oxygens (including phenoxy) is 1. The molecule has 0 bridgehead atoms. The Morgan fingerprint density at radius 2 is 1.41 bits per heavy atom. The van der Waals surface area contributed by atoms with Crippen LogP contribution in [-0.4, -0.2) is 41.7 Å². The van der Waals surface area contributed by atoms with Gasteiger partial charge in [-0.1, -0.05) is 54.6 Å². The third-order valence-corrected chi connectivity index (χ3v) is 5.30. The smallest absolute Gasteiger partial charge is 0.339 e. The number of amides is 3. The van der Waals surface area contributed by atoms with E-state index in [9.17, 15) is 19.2 Å². The number of hydrogen-bond donors (Lipinski definition) is 1. The molecule has 1 atom stereocenters. The molecule has 0 fully saturated rings. The van der Waals surface area contributed by atoms with Gasteiger partial charge in [-0.3, -0.25) is 19.3 Å². The number of methoxy groups -OCH3 is 1. The molecule has 0 saturated carbocycles. The number of fused-ring (bicyclic) bond motifs is 1. The zero-order valence-corrected chi connectivity index (χ0v) is 17.3. The zero-order valence-electron chi connectivity index (χ0n) is 17.3. The Morgan fingerprint density at radius 3 is 2.03 bits per heavy atom. The second-order valence-corrected chi connectivity index (χ2v) is 7.26. The number of esters is 1. The molecule has 0 aliphatic carbocycles. The van der Waals surface area contributed by atoms with Crippen LogP contribution in [0.4, 0.5) is 5.69 Å². The maximum absolute atomic E-state index is 13.4. The van der Waals surface area contributed by atoms with Gasteiger partial charge in [-0.15, -0.1) is 0 Å². The summed E-state index contributed by atoms with van der Waals surface area (Å²) >= 11 is 0. The van der Waals surface area contributed by atoms with E-state index < -0.39 is 29.7 Å². The molecule has 4 rings (SSSR count). The van der Waals surface area contributed by atoms with Gasteiger partial charge in [0.25, 0.3) is 11.8 Å². The molecule has 1 heterocycles. The molecule has 7 nitrogen and oxygen atoms in total. The predicted octanol–water partition coefficient (Wildman–Crippen LogP) is 3.32. The molecule has 7 heteroatoms. The van der Waals surface area contributed by atoms with Gasteiger partial charge in [0, 0.05) is 6.42 Å². The maximum Gasteiger partial charge on any atom is 0.339 e. The molecule has 160 valence electrons. The van der Waals surface area contributed by atoms with E-state index in [1.165, 1.54) is 13.2 Å². The molecule has 3 aromatic carbocycles. The Labute approximate surface area is 184 Å². The summed E-state index contributed by atoms with van der Waals surface area (Å²) in [4.78, 5) is 52.6. The molecule has 0 spiro atoms. The quantitative estimate of drug-likeness (QED) is 0.480. The summed E-state index contributed by atoms with van der Waals surface area (Å²) < 4.78 is 4.78. The molecule has 3 aromatic rings. The van der Waals surface area contributed by atoms with E-state index in [4.69, 9.17) is 4.74 Å². The van der Waals surface area contributed by atoms with E-state index >= 15 is 0 Å². The number of benzene rings is 3. The Morgan fingerprint density at radius 1 is 0.844 bits per heavy atom. The summed E-state index contributed by atoms with van der Waals surface area (Å²) in [7, 11) is 1.25. The van der Waals surface area contributed by atoms with Gasteiger partial charge in [0.2, 0.25) is 5.91 Å². The van der Waals surface area contributed by atoms with Crippen LogP contribution in [0.2, 0.25) is 0 Å². The highest BCUT2D eigenvalue weighted by atomic mass is 16.5. The molecular formula is C25H20N2O5. The fourth-order valence-electron chi connectivity index (χ4n) is 3.73. The lowest BCUT2D eigenvalue weighted by Gasteiger charge is -2.26. The fraction of sp³-hybridized carbons (Fsp3) is 0.120. The van der Waals surface area contributed by atoms with Crippen molar-refractivity contribution in [2.45, 2.75) is 12.5 Å². The number of anilines is 1. The van der Waals surface area contributed by atoms with E-state index in [0.29, 0.717) is 0 Å². The van der Waals surface area contributed by atoms with Crippen molar-refractivity contribution in [3.05, 3.63) is 101 Å². The lowest BCUT2D eigenvalue weighted by atomic mass is 10.0. The van der Waals surface area contributed by atoms with E-state index in [1.54, 1.807) is 42.5 Å². The molecule has 1 unspecified atom stereocenters. The van der Waals surface area contributed by atoms with Crippen LogP contribution in [0.15, 0.2) is 78.9 Å². The maximum atomic E-state index is 13.4. The zero-order chi connectivity index (χ0) is 22.7. The number of rotatable bonds is 6. The fourth-order valence-corrected chi connectivity index (χ4v) is 3.73. The van der Waals surface area contributed by atoms with E-state index in [-0.39, 0.29) is 28.8 Å². The molecule has 3 amide bonds. The number of nitrogens with one attached hydrogen (secondary N) is 1. The second kappa shape index (κ2) is 8.85. The average Bonchev–Trinajstić information content (AvgIpc) is 3.08. The molecule has 0 aromatic heterocycles. The van der Waals surface area contributed by atoms with Crippen molar-refractivity contribution in [3.63, 3.8) is 0 Å². The van der Waals surface area contributed by atoms with Crippen molar-refractivity contribution in [1.82, 2.24) is 4.90 Å². The molecular weight excluding hydrogens is 408 g/mol. The summed E-state index contributed by atoms with van der Waals surface area (Å²) in [6.45, 7) is 0. The molecule has 1 N–H and O–H groups in total. The van der Waals surface area contributed by atoms with Crippen LogP contribution in [0.25, 0.3) is 0 Å². The first-order valence-electron chi connectivity index (χ1n) is 10.0. The van der Waals surface area contributed by atoms with Gasteiger partial charge in [-0.2, -0.15) is 0 Å². The van der Waals surface area contributed by atoms with E-state index in [1.807, 2.05) is 30.3 Å². The van der Waals surface area contributed by atoms with Crippen LogP contribution < -0.4 is 5.32 Å². The van der Waals surface area contributed by atoms with Crippen molar-refractivity contribution in [1.29, 1.82) is 0 Å². The Hall–Kier alpha value is -4.26. The summed E-state index contributed by atoms with van der Waals surface area (Å²) in [5.41, 5.74) is 1.71. The van der Waals surface area contributed by atoms with Gasteiger partial charge in [-0.25, -0.2) is 4.79 Å². The number of para-hydroxylation sites is 1. The number of hydrogen-bond acceptors (Lipinski definition) is 5. The van der Waals surface area contributed by atoms with Crippen molar-refractivity contribution in [2.24, 2.45) is 0 Å². The third-order valence-electron chi connectivity index (χ3n) is 5.30. The lowest BCUT2D eigenvalue weighted by Crippen LogP contribution is -2.48. The van der Waals surface area contributed by atoms with E-state index in [2.05, 4.69) is 5.32 Å². The highest BCUT2D eigenvalue weighted by Gasteiger charge is 2.42. The van der Waals surface area contributed by atoms with Crippen molar-refractivity contribution >= 4 is 29.4 Å². The van der Waals surface area contributed by atoms with Crippen LogP contribution in [0.3, 0.4) is 0 Å². The average molecular weight is 428 g/mol. The van der Waals surface area contributed by atoms with Gasteiger partial charge >= 0.3 is 5.97 Å². The van der Waals surface area contributed by atoms with Gasteiger partial charge in [0.15, 0.2) is 0 Å². The summed E-state index contributed by atoms with van der Waals surface area (Å²) in [6, 6.07) is 20.9. The SMILES string of the molecule is COC(=O)c1ccccc1NC(=O)C(Cc1ccccc1)N1C(=O)c2ccccc2C1=O. The minimum atomic E-state index is -1.12. The number of nitrogens with zero attached hydrogens (tertiary/aromatic N) is 1. The summed E-state index contributed by atoms with van der Waals surface area (Å²) in [6.07, 6.45) is 0.124. The summed E-state index contributed by atoms with van der Waals surface area (Å²) in [5, 5.41) is 2.70. The third kappa shape index (κ3) is 3.88. The first-order chi connectivity index (χ1) is 15.5. The van der Waals surface area contributed by atoms with Crippen molar-refractivity contribution in [2.75, 3.05) is 12.4 Å². The number of carbonyl (C=O) groups excluding carboxylic acids is 4. The number of carbonyl (C=O) groups is 4. The molecule has 1 aliphatic heterocycles. The molecule has 1 aliphatic rings. The van der Waals surface area contributed by atoms with Crippen LogP contribution in [0.5, 0.6) is 0 Å². The van der Waals surface area contributed by atoms with Gasteiger partial charge in [0.1, 0.15) is 6.04 Å². The predicted molar refractivity (Wildman–Crippen MR) is 117 cm³/mol. The molecule has 0 saturated heterocycles. The van der Waals surface area contributed by atoms with Gasteiger partial charge in [-0.05, 0) is 29.8 Å². The first kappa shape index (κ1) is 21.0. The minimum Gasteiger partial charge on any atom is -0.465 e. The monoisotopic (exact) mass is 428 g/mol. The largest absolute Gasteiger partial charge is 0.465 e. The van der Waals surface area contributed by atoms with Crippen molar-refractivity contribution in [3.8, 4) is 0 Å². The normalized spacial score (nSPS) is 13.5.